The number of hydrogen-bond donors (Lipinski definition) is 0. The van der Waals surface area contributed by atoms with E-state index in [1.807, 2.05) is 0 Å². The van der Waals surface area contributed by atoms with E-state index >= 15 is 0 Å². The number of ether oxygens (including phenoxy) is 1. The van der Waals surface area contributed by atoms with Crippen molar-refractivity contribution in [2.45, 2.75) is 6.54 Å². The first kappa shape index (κ1) is 16.5. The van der Waals surface area contributed by atoms with Gasteiger partial charge in [-0.15, -0.1) is 11.3 Å². The van der Waals surface area contributed by atoms with Crippen LogP contribution in [0.15, 0.2) is 51.3 Å². The zero-order valence-corrected chi connectivity index (χ0v) is 14.7. The molecule has 1 aromatic carbocycles. The van der Waals surface area contributed by atoms with Crippen molar-refractivity contribution < 1.29 is 14.3 Å². The third-order valence-corrected chi connectivity index (χ3v) is 4.91. The van der Waals surface area contributed by atoms with Crippen LogP contribution in [0.1, 0.15) is 9.67 Å². The maximum absolute atomic E-state index is 12.3. The molecule has 0 N–H and O–H groups in total. The summed E-state index contributed by atoms with van der Waals surface area (Å²) in [5.41, 5.74) is 0.233. The van der Waals surface area contributed by atoms with Gasteiger partial charge >= 0.3 is 5.97 Å². The summed E-state index contributed by atoms with van der Waals surface area (Å²) in [4.78, 5) is 40.7. The number of ketones is 1. The topological polar surface area (TPSA) is 78.3 Å². The average Bonchev–Trinajstić information content (AvgIpc) is 3.02. The molecule has 6 nitrogen and oxygen atoms in total. The molecule has 0 aliphatic carbocycles. The minimum Gasteiger partial charge on any atom is -0.456 e. The zero-order valence-electron chi connectivity index (χ0n) is 12.3. The second-order valence-electron chi connectivity index (χ2n) is 4.88. The maximum atomic E-state index is 12.3. The molecule has 0 fully saturated rings. The van der Waals surface area contributed by atoms with E-state index in [0.717, 1.165) is 8.35 Å². The van der Waals surface area contributed by atoms with Gasteiger partial charge in [-0.2, -0.15) is 0 Å². The largest absolute Gasteiger partial charge is 0.456 e. The Labute approximate surface area is 148 Å². The van der Waals surface area contributed by atoms with Crippen molar-refractivity contribution in [3.05, 3.63) is 61.7 Å². The van der Waals surface area contributed by atoms with E-state index in [2.05, 4.69) is 20.9 Å². The number of fused-ring (bicyclic) bond motifs is 1. The highest BCUT2D eigenvalue weighted by Crippen LogP contribution is 2.22. The predicted octanol–water partition coefficient (Wildman–Crippen LogP) is 2.65. The fraction of sp³-hybridized carbons (Fsp3) is 0.125. The molecule has 0 bridgehead atoms. The van der Waals surface area contributed by atoms with Gasteiger partial charge in [-0.3, -0.25) is 19.0 Å². The summed E-state index contributed by atoms with van der Waals surface area (Å²) in [6, 6.07) is 10.3. The molecule has 122 valence electrons. The number of thiophene rings is 1. The van der Waals surface area contributed by atoms with E-state index in [1.165, 1.54) is 17.7 Å². The van der Waals surface area contributed by atoms with Gasteiger partial charge in [0.2, 0.25) is 5.78 Å². The lowest BCUT2D eigenvalue weighted by molar-refractivity contribution is -0.143. The van der Waals surface area contributed by atoms with Gasteiger partial charge in [0.05, 0.1) is 25.9 Å². The smallest absolute Gasteiger partial charge is 0.326 e. The molecular weight excluding hydrogens is 396 g/mol. The van der Waals surface area contributed by atoms with Crippen LogP contribution in [0.4, 0.5) is 0 Å². The van der Waals surface area contributed by atoms with E-state index in [0.29, 0.717) is 15.8 Å². The Morgan fingerprint density at radius 1 is 1.21 bits per heavy atom. The number of esters is 1. The molecule has 2 aromatic heterocycles. The summed E-state index contributed by atoms with van der Waals surface area (Å²) in [6.07, 6.45) is 1.30. The van der Waals surface area contributed by atoms with Gasteiger partial charge < -0.3 is 4.74 Å². The number of rotatable bonds is 5. The summed E-state index contributed by atoms with van der Waals surface area (Å²) in [6.45, 7) is -0.653. The Kier molecular flexibility index (Phi) is 4.86. The average molecular weight is 407 g/mol. The van der Waals surface area contributed by atoms with Crippen LogP contribution in [0.2, 0.25) is 0 Å². The monoisotopic (exact) mass is 406 g/mol. The van der Waals surface area contributed by atoms with E-state index in [9.17, 15) is 14.4 Å². The van der Waals surface area contributed by atoms with E-state index in [1.54, 1.807) is 36.4 Å². The minimum atomic E-state index is -0.668. The molecular formula is C16H11BrN2O4S. The molecule has 0 radical (unpaired) electrons. The Bertz CT molecular complexity index is 979. The number of carbonyl (C=O) groups is 2. The number of para-hydroxylation sites is 1. The van der Waals surface area contributed by atoms with Crippen molar-refractivity contribution in [2.75, 3.05) is 6.61 Å². The van der Waals surface area contributed by atoms with Gasteiger partial charge in [-0.25, -0.2) is 4.98 Å². The molecule has 3 aromatic rings. The van der Waals surface area contributed by atoms with Gasteiger partial charge in [0.25, 0.3) is 5.56 Å². The fourth-order valence-electron chi connectivity index (χ4n) is 2.08. The highest BCUT2D eigenvalue weighted by atomic mass is 79.9. The van der Waals surface area contributed by atoms with Crippen LogP contribution in [-0.2, 0) is 16.1 Å². The molecule has 24 heavy (non-hydrogen) atoms. The number of benzene rings is 1. The van der Waals surface area contributed by atoms with Gasteiger partial charge in [0.1, 0.15) is 6.54 Å². The highest BCUT2D eigenvalue weighted by Gasteiger charge is 2.13. The number of hydrogen-bond acceptors (Lipinski definition) is 6. The van der Waals surface area contributed by atoms with Crippen LogP contribution in [0.5, 0.6) is 0 Å². The number of nitrogens with zero attached hydrogens (tertiary/aromatic N) is 2. The van der Waals surface area contributed by atoms with Crippen LogP contribution in [-0.4, -0.2) is 27.9 Å². The number of carbonyl (C=O) groups excluding carboxylic acids is 2. The van der Waals surface area contributed by atoms with Gasteiger partial charge in [-0.1, -0.05) is 12.1 Å². The summed E-state index contributed by atoms with van der Waals surface area (Å²) >= 11 is 4.53. The van der Waals surface area contributed by atoms with Crippen LogP contribution >= 0.6 is 27.3 Å². The lowest BCUT2D eigenvalue weighted by atomic mass is 10.2. The third-order valence-electron chi connectivity index (χ3n) is 3.24. The zero-order chi connectivity index (χ0) is 17.1. The summed E-state index contributed by atoms with van der Waals surface area (Å²) in [5, 5.41) is 0.423. The second-order valence-corrected chi connectivity index (χ2v) is 7.35. The van der Waals surface area contributed by atoms with Crippen LogP contribution < -0.4 is 5.56 Å². The molecule has 8 heteroatoms. The molecule has 0 saturated heterocycles. The maximum Gasteiger partial charge on any atom is 0.326 e. The van der Waals surface area contributed by atoms with Crippen molar-refractivity contribution >= 4 is 49.9 Å². The molecule has 0 saturated carbocycles. The lowest BCUT2D eigenvalue weighted by Gasteiger charge is -2.06. The van der Waals surface area contributed by atoms with Gasteiger partial charge in [0, 0.05) is 0 Å². The number of halogens is 1. The number of Topliss-reactive ketones (excluding diaryl/α,β-unsaturated/α-hetero) is 1. The molecule has 0 unspecified atom stereocenters. The third kappa shape index (κ3) is 3.60. The highest BCUT2D eigenvalue weighted by molar-refractivity contribution is 9.11. The molecule has 0 spiro atoms. The van der Waals surface area contributed by atoms with Crippen molar-refractivity contribution in [2.24, 2.45) is 0 Å². The first-order valence-electron chi connectivity index (χ1n) is 6.93. The molecule has 0 atom stereocenters. The van der Waals surface area contributed by atoms with Crippen LogP contribution in [0.3, 0.4) is 0 Å². The molecule has 2 heterocycles. The first-order chi connectivity index (χ1) is 11.5. The van der Waals surface area contributed by atoms with Gasteiger partial charge in [0.15, 0.2) is 6.61 Å². The van der Waals surface area contributed by atoms with Crippen LogP contribution in [0, 0.1) is 0 Å². The fourth-order valence-corrected chi connectivity index (χ4v) is 3.40. The van der Waals surface area contributed by atoms with Crippen molar-refractivity contribution in [1.82, 2.24) is 9.55 Å². The van der Waals surface area contributed by atoms with Gasteiger partial charge in [-0.05, 0) is 40.2 Å². The normalized spacial score (nSPS) is 10.7. The number of aromatic nitrogens is 2. The summed E-state index contributed by atoms with van der Waals surface area (Å²) < 4.78 is 6.94. The lowest BCUT2D eigenvalue weighted by Crippen LogP contribution is -2.26. The predicted molar refractivity (Wildman–Crippen MR) is 93.3 cm³/mol. The van der Waals surface area contributed by atoms with E-state index in [4.69, 9.17) is 4.74 Å². The van der Waals surface area contributed by atoms with E-state index in [-0.39, 0.29) is 24.5 Å². The quantitative estimate of drug-likeness (QED) is 0.480. The molecule has 3 rings (SSSR count). The molecule has 0 amide bonds. The second kappa shape index (κ2) is 7.06. The van der Waals surface area contributed by atoms with E-state index < -0.39 is 5.97 Å². The molecule has 0 aliphatic rings. The van der Waals surface area contributed by atoms with Crippen LogP contribution in [0.25, 0.3) is 10.9 Å². The Hall–Kier alpha value is -2.32. The van der Waals surface area contributed by atoms with Crippen molar-refractivity contribution in [3.8, 4) is 0 Å². The molecule has 0 aliphatic heterocycles. The minimum absolute atomic E-state index is 0.289. The summed E-state index contributed by atoms with van der Waals surface area (Å²) in [5.74, 6) is -0.957. The first-order valence-corrected chi connectivity index (χ1v) is 8.54. The van der Waals surface area contributed by atoms with Crippen molar-refractivity contribution in [1.29, 1.82) is 0 Å². The standard InChI is InChI=1S/C16H11BrN2O4S/c17-14-6-5-13(24-14)12(20)8-23-15(21)7-19-9-18-11-4-2-1-3-10(11)16(19)22/h1-6,9H,7-8H2. The van der Waals surface area contributed by atoms with Crippen molar-refractivity contribution in [3.63, 3.8) is 0 Å². The summed E-state index contributed by atoms with van der Waals surface area (Å²) in [7, 11) is 0. The Balaban J connectivity index is 1.66. The Morgan fingerprint density at radius 2 is 2.00 bits per heavy atom. The Morgan fingerprint density at radius 3 is 2.75 bits per heavy atom. The SMILES string of the molecule is O=C(Cn1cnc2ccccc2c1=O)OCC(=O)c1ccc(Br)s1.